The van der Waals surface area contributed by atoms with Crippen molar-refractivity contribution in [2.45, 2.75) is 39.8 Å². The predicted molar refractivity (Wildman–Crippen MR) is 162 cm³/mol. The van der Waals surface area contributed by atoms with Gasteiger partial charge in [-0.1, -0.05) is 91.6 Å². The lowest BCUT2D eigenvalue weighted by atomic mass is 10.0. The number of aryl methyl sites for hydroxylation is 1. The summed E-state index contributed by atoms with van der Waals surface area (Å²) in [6.07, 6.45) is 1.27. The maximum absolute atomic E-state index is 14.1. The highest BCUT2D eigenvalue weighted by Gasteiger charge is 2.33. The topological polar surface area (TPSA) is 86.8 Å². The number of hydrogen-bond donors (Lipinski definition) is 1. The second-order valence-corrected chi connectivity index (χ2v) is 13.0. The number of nitrogens with zero attached hydrogens (tertiary/aromatic N) is 2. The normalized spacial score (nSPS) is 12.2. The van der Waals surface area contributed by atoms with Gasteiger partial charge in [-0.15, -0.1) is 0 Å². The van der Waals surface area contributed by atoms with Crippen LogP contribution in [0.5, 0.6) is 0 Å². The monoisotopic (exact) mass is 603 g/mol. The van der Waals surface area contributed by atoms with E-state index in [0.717, 1.165) is 27.3 Å². The number of hydrogen-bond acceptors (Lipinski definition) is 4. The van der Waals surface area contributed by atoms with Crippen LogP contribution in [0.15, 0.2) is 72.8 Å². The van der Waals surface area contributed by atoms with Crippen molar-refractivity contribution >= 4 is 50.7 Å². The summed E-state index contributed by atoms with van der Waals surface area (Å²) in [5, 5.41) is 3.43. The molecule has 0 saturated heterocycles. The van der Waals surface area contributed by atoms with Crippen LogP contribution in [-0.4, -0.2) is 50.5 Å². The van der Waals surface area contributed by atoms with Gasteiger partial charge in [0.25, 0.3) is 0 Å². The van der Waals surface area contributed by atoms with Crippen molar-refractivity contribution in [1.82, 2.24) is 10.2 Å². The summed E-state index contributed by atoms with van der Waals surface area (Å²) in [5.74, 6) is -0.642. The first-order chi connectivity index (χ1) is 18.8. The third kappa shape index (κ3) is 8.98. The van der Waals surface area contributed by atoms with Gasteiger partial charge in [-0.2, -0.15) is 0 Å². The minimum atomic E-state index is -3.92. The molecular formula is C30H35Cl2N3O4S. The van der Waals surface area contributed by atoms with Gasteiger partial charge in [-0.25, -0.2) is 8.42 Å². The van der Waals surface area contributed by atoms with Crippen LogP contribution in [0.25, 0.3) is 0 Å². The Bertz CT molecular complexity index is 1410. The van der Waals surface area contributed by atoms with Gasteiger partial charge < -0.3 is 10.2 Å². The van der Waals surface area contributed by atoms with E-state index >= 15 is 0 Å². The summed E-state index contributed by atoms with van der Waals surface area (Å²) < 4.78 is 26.7. The van der Waals surface area contributed by atoms with Crippen LogP contribution in [0.3, 0.4) is 0 Å². The molecule has 0 aromatic heterocycles. The van der Waals surface area contributed by atoms with Crippen LogP contribution in [0, 0.1) is 12.8 Å². The first kappa shape index (κ1) is 31.5. The highest BCUT2D eigenvalue weighted by atomic mass is 35.5. The van der Waals surface area contributed by atoms with Crippen LogP contribution in [0.2, 0.25) is 10.0 Å². The van der Waals surface area contributed by atoms with Crippen molar-refractivity contribution in [3.63, 3.8) is 0 Å². The Labute approximate surface area is 247 Å². The first-order valence-corrected chi connectivity index (χ1v) is 15.5. The fourth-order valence-electron chi connectivity index (χ4n) is 4.24. The Morgan fingerprint density at radius 2 is 1.52 bits per heavy atom. The van der Waals surface area contributed by atoms with Crippen LogP contribution >= 0.6 is 23.2 Å². The summed E-state index contributed by atoms with van der Waals surface area (Å²) in [6.45, 7) is 5.93. The van der Waals surface area contributed by atoms with Crippen LogP contribution in [0.4, 0.5) is 5.69 Å². The second-order valence-electron chi connectivity index (χ2n) is 10.2. The number of halogens is 2. The molecule has 7 nitrogen and oxygen atoms in total. The molecule has 0 radical (unpaired) electrons. The number of rotatable bonds is 12. The lowest BCUT2D eigenvalue weighted by Crippen LogP contribution is -2.53. The Balaban J connectivity index is 2.07. The van der Waals surface area contributed by atoms with E-state index in [0.29, 0.717) is 6.54 Å². The molecule has 0 aliphatic rings. The van der Waals surface area contributed by atoms with Crippen molar-refractivity contribution < 1.29 is 18.0 Å². The van der Waals surface area contributed by atoms with Gasteiger partial charge in [-0.05, 0) is 47.7 Å². The maximum Gasteiger partial charge on any atom is 0.244 e. The van der Waals surface area contributed by atoms with E-state index in [1.165, 1.54) is 23.1 Å². The van der Waals surface area contributed by atoms with Gasteiger partial charge in [-0.3, -0.25) is 13.9 Å². The van der Waals surface area contributed by atoms with E-state index in [2.05, 4.69) is 5.32 Å². The molecule has 3 aromatic carbocycles. The molecule has 40 heavy (non-hydrogen) atoms. The van der Waals surface area contributed by atoms with Gasteiger partial charge in [0, 0.05) is 29.6 Å². The van der Waals surface area contributed by atoms with E-state index < -0.39 is 28.5 Å². The summed E-state index contributed by atoms with van der Waals surface area (Å²) in [4.78, 5) is 29.2. The third-order valence-electron chi connectivity index (χ3n) is 6.37. The lowest BCUT2D eigenvalue weighted by molar-refractivity contribution is -0.140. The predicted octanol–water partition coefficient (Wildman–Crippen LogP) is 5.48. The number of amides is 2. The van der Waals surface area contributed by atoms with E-state index in [1.807, 2.05) is 75.4 Å². The fourth-order valence-corrected chi connectivity index (χ4v) is 5.59. The highest BCUT2D eigenvalue weighted by Crippen LogP contribution is 2.27. The molecule has 0 aliphatic heterocycles. The average Bonchev–Trinajstić information content (AvgIpc) is 2.88. The van der Waals surface area contributed by atoms with Gasteiger partial charge >= 0.3 is 0 Å². The van der Waals surface area contributed by atoms with E-state index in [-0.39, 0.29) is 40.5 Å². The number of benzene rings is 3. The number of carbonyl (C=O) groups is 2. The SMILES string of the molecule is Cc1ccccc1CN(C(=O)CN(c1cc(Cl)cc(Cl)c1)S(C)(=O)=O)[C@H](Cc1ccccc1)C(=O)NCC(C)C. The molecule has 0 unspecified atom stereocenters. The molecule has 0 bridgehead atoms. The van der Waals surface area contributed by atoms with Crippen molar-refractivity contribution in [3.8, 4) is 0 Å². The quantitative estimate of drug-likeness (QED) is 0.297. The molecule has 0 aliphatic carbocycles. The smallest absolute Gasteiger partial charge is 0.244 e. The van der Waals surface area contributed by atoms with Gasteiger partial charge in [0.15, 0.2) is 0 Å². The molecular weight excluding hydrogens is 569 g/mol. The Hall–Kier alpha value is -3.07. The molecule has 1 atom stereocenters. The van der Waals surface area contributed by atoms with Gasteiger partial charge in [0.2, 0.25) is 21.8 Å². The lowest BCUT2D eigenvalue weighted by Gasteiger charge is -2.34. The first-order valence-electron chi connectivity index (χ1n) is 12.9. The molecule has 3 aromatic rings. The Morgan fingerprint density at radius 3 is 2.10 bits per heavy atom. The van der Waals surface area contributed by atoms with Crippen LogP contribution < -0.4 is 9.62 Å². The Morgan fingerprint density at radius 1 is 0.925 bits per heavy atom. The molecule has 2 amide bonds. The number of anilines is 1. The van der Waals surface area contributed by atoms with Gasteiger partial charge in [0.1, 0.15) is 12.6 Å². The molecule has 10 heteroatoms. The van der Waals surface area contributed by atoms with Crippen molar-refractivity contribution in [2.75, 3.05) is 23.7 Å². The zero-order valence-electron chi connectivity index (χ0n) is 23.1. The van der Waals surface area contributed by atoms with Gasteiger partial charge in [0.05, 0.1) is 11.9 Å². The van der Waals surface area contributed by atoms with E-state index in [9.17, 15) is 18.0 Å². The minimum Gasteiger partial charge on any atom is -0.354 e. The molecule has 0 saturated carbocycles. The summed E-state index contributed by atoms with van der Waals surface area (Å²) in [7, 11) is -3.92. The standard InChI is InChI=1S/C30H35Cl2N3O4S/c1-21(2)18-33-30(37)28(14-23-11-6-5-7-12-23)34(19-24-13-9-8-10-22(24)3)29(36)20-35(40(4,38)39)27-16-25(31)15-26(32)17-27/h5-13,15-17,21,28H,14,18-20H2,1-4H3,(H,33,37)/t28-/m1/s1. The molecule has 0 heterocycles. The minimum absolute atomic E-state index is 0.117. The Kier molecular flexibility index (Phi) is 11.0. The summed E-state index contributed by atoms with van der Waals surface area (Å²) in [6, 6.07) is 20.5. The third-order valence-corrected chi connectivity index (χ3v) is 7.95. The fraction of sp³-hybridized carbons (Fsp3) is 0.333. The van der Waals surface area contributed by atoms with Crippen LogP contribution in [0.1, 0.15) is 30.5 Å². The number of nitrogens with one attached hydrogen (secondary N) is 1. The molecule has 3 rings (SSSR count). The van der Waals surface area contributed by atoms with Crippen molar-refractivity contribution in [2.24, 2.45) is 5.92 Å². The molecule has 0 spiro atoms. The molecule has 214 valence electrons. The van der Waals surface area contributed by atoms with Crippen molar-refractivity contribution in [1.29, 1.82) is 0 Å². The average molecular weight is 605 g/mol. The van der Waals surface area contributed by atoms with E-state index in [1.54, 1.807) is 0 Å². The number of carbonyl (C=O) groups excluding carboxylic acids is 2. The number of sulfonamides is 1. The maximum atomic E-state index is 14.1. The summed E-state index contributed by atoms with van der Waals surface area (Å²) >= 11 is 12.3. The van der Waals surface area contributed by atoms with Crippen molar-refractivity contribution in [3.05, 3.63) is 99.5 Å². The largest absolute Gasteiger partial charge is 0.354 e. The van der Waals surface area contributed by atoms with E-state index in [4.69, 9.17) is 23.2 Å². The second kappa shape index (κ2) is 14.0. The molecule has 0 fully saturated rings. The highest BCUT2D eigenvalue weighted by molar-refractivity contribution is 7.92. The van der Waals surface area contributed by atoms with Crippen LogP contribution in [-0.2, 0) is 32.6 Å². The zero-order chi connectivity index (χ0) is 29.4. The molecule has 1 N–H and O–H groups in total. The summed E-state index contributed by atoms with van der Waals surface area (Å²) in [5.41, 5.74) is 2.83. The zero-order valence-corrected chi connectivity index (χ0v) is 25.4.